The zero-order chi connectivity index (χ0) is 18.0. The SMILES string of the molecule is Cc1cc(-c2ccc(F)cc2)c(CC[C@H]2C[C@@H](O)CC(=O)O2)c(C)n1. The van der Waals surface area contributed by atoms with Gasteiger partial charge in [0.25, 0.3) is 0 Å². The second-order valence-electron chi connectivity index (χ2n) is 6.63. The van der Waals surface area contributed by atoms with E-state index in [-0.39, 0.29) is 24.3 Å². The molecule has 5 heteroatoms. The maximum Gasteiger partial charge on any atom is 0.308 e. The van der Waals surface area contributed by atoms with Crippen molar-refractivity contribution in [2.24, 2.45) is 0 Å². The van der Waals surface area contributed by atoms with E-state index in [9.17, 15) is 14.3 Å². The Hall–Kier alpha value is -2.27. The summed E-state index contributed by atoms with van der Waals surface area (Å²) in [6.45, 7) is 3.89. The number of hydrogen-bond acceptors (Lipinski definition) is 4. The zero-order valence-corrected chi connectivity index (χ0v) is 14.5. The largest absolute Gasteiger partial charge is 0.462 e. The Kier molecular flexibility index (Phi) is 5.13. The Labute approximate surface area is 146 Å². The van der Waals surface area contributed by atoms with Crippen LogP contribution in [0.4, 0.5) is 4.39 Å². The lowest BCUT2D eigenvalue weighted by atomic mass is 9.92. The van der Waals surface area contributed by atoms with E-state index in [1.165, 1.54) is 12.1 Å². The van der Waals surface area contributed by atoms with E-state index in [4.69, 9.17) is 4.74 Å². The van der Waals surface area contributed by atoms with E-state index in [1.807, 2.05) is 19.9 Å². The van der Waals surface area contributed by atoms with Crippen LogP contribution in [0, 0.1) is 19.7 Å². The topological polar surface area (TPSA) is 59.4 Å². The summed E-state index contributed by atoms with van der Waals surface area (Å²) < 4.78 is 18.6. The highest BCUT2D eigenvalue weighted by Crippen LogP contribution is 2.29. The maximum absolute atomic E-state index is 13.2. The highest BCUT2D eigenvalue weighted by Gasteiger charge is 2.27. The summed E-state index contributed by atoms with van der Waals surface area (Å²) in [5, 5.41) is 9.75. The summed E-state index contributed by atoms with van der Waals surface area (Å²) >= 11 is 0. The Bertz CT molecular complexity index is 773. The maximum atomic E-state index is 13.2. The molecule has 0 saturated carbocycles. The van der Waals surface area contributed by atoms with Crippen molar-refractivity contribution in [2.75, 3.05) is 0 Å². The highest BCUT2D eigenvalue weighted by molar-refractivity contribution is 5.71. The smallest absolute Gasteiger partial charge is 0.308 e. The minimum absolute atomic E-state index is 0.0719. The molecule has 0 unspecified atom stereocenters. The average molecular weight is 343 g/mol. The van der Waals surface area contributed by atoms with Gasteiger partial charge in [0.05, 0.1) is 12.5 Å². The number of rotatable bonds is 4. The summed E-state index contributed by atoms with van der Waals surface area (Å²) in [6, 6.07) is 8.42. The molecule has 0 aliphatic carbocycles. The van der Waals surface area contributed by atoms with Crippen molar-refractivity contribution in [1.82, 2.24) is 4.98 Å². The minimum Gasteiger partial charge on any atom is -0.462 e. The van der Waals surface area contributed by atoms with Crippen LogP contribution in [0.15, 0.2) is 30.3 Å². The first-order valence-electron chi connectivity index (χ1n) is 8.53. The van der Waals surface area contributed by atoms with Gasteiger partial charge in [0.2, 0.25) is 0 Å². The second-order valence-corrected chi connectivity index (χ2v) is 6.63. The fourth-order valence-electron chi connectivity index (χ4n) is 3.40. The van der Waals surface area contributed by atoms with E-state index in [0.717, 1.165) is 28.1 Å². The first-order valence-corrected chi connectivity index (χ1v) is 8.53. The van der Waals surface area contributed by atoms with Crippen LogP contribution in [0.1, 0.15) is 36.2 Å². The fraction of sp³-hybridized carbons (Fsp3) is 0.400. The van der Waals surface area contributed by atoms with Gasteiger partial charge in [0.15, 0.2) is 0 Å². The molecule has 3 rings (SSSR count). The Morgan fingerprint density at radius 2 is 2.00 bits per heavy atom. The van der Waals surface area contributed by atoms with Gasteiger partial charge in [-0.3, -0.25) is 9.78 Å². The highest BCUT2D eigenvalue weighted by atomic mass is 19.1. The molecule has 1 saturated heterocycles. The number of ether oxygens (including phenoxy) is 1. The lowest BCUT2D eigenvalue weighted by Gasteiger charge is -2.26. The number of pyridine rings is 1. The van der Waals surface area contributed by atoms with Gasteiger partial charge in [-0.05, 0) is 61.6 Å². The monoisotopic (exact) mass is 343 g/mol. The number of nitrogens with zero attached hydrogens (tertiary/aromatic N) is 1. The van der Waals surface area contributed by atoms with Gasteiger partial charge in [0, 0.05) is 17.8 Å². The van der Waals surface area contributed by atoms with Gasteiger partial charge >= 0.3 is 5.97 Å². The summed E-state index contributed by atoms with van der Waals surface area (Å²) in [6.07, 6.45) is 0.940. The number of cyclic esters (lactones) is 1. The molecule has 0 radical (unpaired) electrons. The molecule has 4 nitrogen and oxygen atoms in total. The van der Waals surface area contributed by atoms with E-state index >= 15 is 0 Å². The Morgan fingerprint density at radius 1 is 1.28 bits per heavy atom. The normalized spacial score (nSPS) is 20.4. The van der Waals surface area contributed by atoms with Crippen molar-refractivity contribution in [3.05, 3.63) is 53.1 Å². The zero-order valence-electron chi connectivity index (χ0n) is 14.5. The van der Waals surface area contributed by atoms with Crippen LogP contribution in [0.5, 0.6) is 0 Å². The third kappa shape index (κ3) is 4.23. The van der Waals surface area contributed by atoms with Crippen LogP contribution in [0.2, 0.25) is 0 Å². The first-order chi connectivity index (χ1) is 11.9. The number of aliphatic hydroxyl groups is 1. The molecule has 0 amide bonds. The van der Waals surface area contributed by atoms with E-state index < -0.39 is 6.10 Å². The molecular formula is C20H22FNO3. The van der Waals surface area contributed by atoms with Crippen molar-refractivity contribution < 1.29 is 19.0 Å². The van der Waals surface area contributed by atoms with Gasteiger partial charge < -0.3 is 9.84 Å². The third-order valence-corrected chi connectivity index (χ3v) is 4.57. The van der Waals surface area contributed by atoms with Crippen LogP contribution >= 0.6 is 0 Å². The number of aryl methyl sites for hydroxylation is 2. The Balaban J connectivity index is 1.85. The Morgan fingerprint density at radius 3 is 2.68 bits per heavy atom. The van der Waals surface area contributed by atoms with E-state index in [2.05, 4.69) is 4.98 Å². The molecule has 1 aromatic carbocycles. The summed E-state index contributed by atoms with van der Waals surface area (Å²) in [7, 11) is 0. The molecular weight excluding hydrogens is 321 g/mol. The van der Waals surface area contributed by atoms with E-state index in [0.29, 0.717) is 19.3 Å². The van der Waals surface area contributed by atoms with Crippen molar-refractivity contribution >= 4 is 5.97 Å². The third-order valence-electron chi connectivity index (χ3n) is 4.57. The van der Waals surface area contributed by atoms with Gasteiger partial charge in [-0.25, -0.2) is 4.39 Å². The number of halogens is 1. The molecule has 2 heterocycles. The van der Waals surface area contributed by atoms with Crippen LogP contribution in [-0.4, -0.2) is 28.3 Å². The number of carbonyl (C=O) groups excluding carboxylic acids is 1. The van der Waals surface area contributed by atoms with Gasteiger partial charge in [0.1, 0.15) is 11.9 Å². The van der Waals surface area contributed by atoms with Crippen LogP contribution < -0.4 is 0 Å². The first kappa shape index (κ1) is 17.5. The standard InChI is InChI=1S/C20H22FNO3/c1-12-9-19(14-3-5-15(21)6-4-14)18(13(2)22-12)8-7-17-10-16(23)11-20(24)25-17/h3-6,9,16-17,23H,7-8,10-11H2,1-2H3/t16-,17+/m1/s1. The second kappa shape index (κ2) is 7.31. The molecule has 132 valence electrons. The summed E-state index contributed by atoms with van der Waals surface area (Å²) in [5.41, 5.74) is 4.84. The molecule has 1 aliphatic heterocycles. The van der Waals surface area contributed by atoms with Crippen molar-refractivity contribution in [1.29, 1.82) is 0 Å². The summed E-state index contributed by atoms with van der Waals surface area (Å²) in [4.78, 5) is 16.0. The van der Waals surface area contributed by atoms with Crippen molar-refractivity contribution in [3.8, 4) is 11.1 Å². The van der Waals surface area contributed by atoms with Gasteiger partial charge in [-0.15, -0.1) is 0 Å². The van der Waals surface area contributed by atoms with Crippen molar-refractivity contribution in [3.63, 3.8) is 0 Å². The molecule has 2 atom stereocenters. The van der Waals surface area contributed by atoms with Crippen molar-refractivity contribution in [2.45, 2.75) is 51.7 Å². The van der Waals surface area contributed by atoms with Crippen LogP contribution in [0.25, 0.3) is 11.1 Å². The molecule has 2 aromatic rings. The molecule has 0 bridgehead atoms. The number of esters is 1. The molecule has 1 N–H and O–H groups in total. The molecule has 1 aromatic heterocycles. The molecule has 1 fully saturated rings. The number of carbonyl (C=O) groups is 1. The lowest BCUT2D eigenvalue weighted by Crippen LogP contribution is -2.32. The molecule has 25 heavy (non-hydrogen) atoms. The minimum atomic E-state index is -0.625. The predicted molar refractivity (Wildman–Crippen MR) is 92.5 cm³/mol. The van der Waals surface area contributed by atoms with Gasteiger partial charge in [-0.1, -0.05) is 12.1 Å². The number of aromatic nitrogens is 1. The number of aliphatic hydroxyl groups excluding tert-OH is 1. The van der Waals surface area contributed by atoms with Gasteiger partial charge in [-0.2, -0.15) is 0 Å². The molecule has 0 spiro atoms. The molecule has 1 aliphatic rings. The summed E-state index contributed by atoms with van der Waals surface area (Å²) in [5.74, 6) is -0.614. The average Bonchev–Trinajstić information content (AvgIpc) is 2.53. The predicted octanol–water partition coefficient (Wildman–Crippen LogP) is 3.50. The fourth-order valence-corrected chi connectivity index (χ4v) is 3.40. The quantitative estimate of drug-likeness (QED) is 0.863. The number of benzene rings is 1. The lowest BCUT2D eigenvalue weighted by molar-refractivity contribution is -0.160. The van der Waals surface area contributed by atoms with E-state index in [1.54, 1.807) is 12.1 Å². The van der Waals surface area contributed by atoms with Crippen LogP contribution in [0.3, 0.4) is 0 Å². The van der Waals surface area contributed by atoms with Crippen LogP contribution in [-0.2, 0) is 16.0 Å². The number of hydrogen-bond donors (Lipinski definition) is 1.